The maximum absolute atomic E-state index is 11.2. The Balaban J connectivity index is 2.74. The molecule has 112 valence electrons. The fraction of sp³-hybridized carbons (Fsp3) is 0.588. The van der Waals surface area contributed by atoms with Gasteiger partial charge < -0.3 is 9.84 Å². The molecule has 1 unspecified atom stereocenters. The third kappa shape index (κ3) is 4.87. The number of rotatable bonds is 9. The van der Waals surface area contributed by atoms with Crippen molar-refractivity contribution >= 4 is 5.97 Å². The number of hydrogen-bond donors (Lipinski definition) is 1. The fourth-order valence-electron chi connectivity index (χ4n) is 2.22. The molecule has 1 N–H and O–H groups in total. The van der Waals surface area contributed by atoms with E-state index < -0.39 is 5.97 Å². The van der Waals surface area contributed by atoms with Crippen LogP contribution in [0, 0.1) is 0 Å². The molecule has 3 heteroatoms. The predicted octanol–water partition coefficient (Wildman–Crippen LogP) is 4.90. The Morgan fingerprint density at radius 3 is 2.50 bits per heavy atom. The second-order valence-electron chi connectivity index (χ2n) is 5.52. The SMILES string of the molecule is CCCCCCC(C)(CC)Oc1ccccc1C(=O)O. The van der Waals surface area contributed by atoms with E-state index in [1.54, 1.807) is 18.2 Å². The lowest BCUT2D eigenvalue weighted by atomic mass is 9.94. The van der Waals surface area contributed by atoms with Crippen LogP contribution in [0.2, 0.25) is 0 Å². The van der Waals surface area contributed by atoms with Crippen LogP contribution < -0.4 is 4.74 Å². The summed E-state index contributed by atoms with van der Waals surface area (Å²) in [6.45, 7) is 6.35. The highest BCUT2D eigenvalue weighted by molar-refractivity contribution is 5.90. The molecule has 0 radical (unpaired) electrons. The van der Waals surface area contributed by atoms with Gasteiger partial charge >= 0.3 is 5.97 Å². The van der Waals surface area contributed by atoms with Crippen LogP contribution in [0.15, 0.2) is 24.3 Å². The number of para-hydroxylation sites is 1. The number of unbranched alkanes of at least 4 members (excludes halogenated alkanes) is 3. The van der Waals surface area contributed by atoms with Gasteiger partial charge in [0.1, 0.15) is 16.9 Å². The van der Waals surface area contributed by atoms with Gasteiger partial charge in [-0.05, 0) is 38.3 Å². The summed E-state index contributed by atoms with van der Waals surface area (Å²) >= 11 is 0. The Bertz CT molecular complexity index is 428. The molecule has 0 aliphatic heterocycles. The number of benzene rings is 1. The molecule has 0 saturated heterocycles. The minimum Gasteiger partial charge on any atom is -0.487 e. The van der Waals surface area contributed by atoms with Crippen molar-refractivity contribution in [3.05, 3.63) is 29.8 Å². The van der Waals surface area contributed by atoms with Gasteiger partial charge in [-0.3, -0.25) is 0 Å². The molecule has 20 heavy (non-hydrogen) atoms. The summed E-state index contributed by atoms with van der Waals surface area (Å²) in [5.74, 6) is -0.468. The molecular weight excluding hydrogens is 252 g/mol. The Hall–Kier alpha value is -1.51. The monoisotopic (exact) mass is 278 g/mol. The van der Waals surface area contributed by atoms with Crippen LogP contribution in [0.5, 0.6) is 5.75 Å². The van der Waals surface area contributed by atoms with Crippen molar-refractivity contribution in [3.63, 3.8) is 0 Å². The molecule has 3 nitrogen and oxygen atoms in total. The van der Waals surface area contributed by atoms with Gasteiger partial charge in [-0.15, -0.1) is 0 Å². The number of carboxylic acids is 1. The quantitative estimate of drug-likeness (QED) is 0.653. The number of aromatic carboxylic acids is 1. The number of carbonyl (C=O) groups is 1. The second kappa shape index (κ2) is 7.93. The van der Waals surface area contributed by atoms with Gasteiger partial charge in [0.25, 0.3) is 0 Å². The molecule has 0 heterocycles. The van der Waals surface area contributed by atoms with Crippen molar-refractivity contribution in [2.45, 2.75) is 64.9 Å². The van der Waals surface area contributed by atoms with Crippen LogP contribution in [-0.4, -0.2) is 16.7 Å². The highest BCUT2D eigenvalue weighted by Crippen LogP contribution is 2.29. The molecule has 1 atom stereocenters. The summed E-state index contributed by atoms with van der Waals surface area (Å²) in [6.07, 6.45) is 6.60. The smallest absolute Gasteiger partial charge is 0.339 e. The van der Waals surface area contributed by atoms with Crippen molar-refractivity contribution in [2.24, 2.45) is 0 Å². The minimum absolute atomic E-state index is 0.237. The summed E-state index contributed by atoms with van der Waals surface area (Å²) in [5.41, 5.74) is -0.0556. The first-order chi connectivity index (χ1) is 9.52. The van der Waals surface area contributed by atoms with E-state index >= 15 is 0 Å². The van der Waals surface area contributed by atoms with Crippen LogP contribution in [0.1, 0.15) is 69.7 Å². The molecule has 0 aliphatic carbocycles. The van der Waals surface area contributed by atoms with Gasteiger partial charge in [0.15, 0.2) is 0 Å². The lowest BCUT2D eigenvalue weighted by Gasteiger charge is -2.30. The van der Waals surface area contributed by atoms with Gasteiger partial charge in [0, 0.05) is 0 Å². The maximum Gasteiger partial charge on any atom is 0.339 e. The molecule has 0 fully saturated rings. The zero-order valence-corrected chi connectivity index (χ0v) is 12.8. The standard InChI is InChI=1S/C17H26O3/c1-4-6-7-10-13-17(3,5-2)20-15-12-9-8-11-14(15)16(18)19/h8-9,11-12H,4-7,10,13H2,1-3H3,(H,18,19). The van der Waals surface area contributed by atoms with Crippen molar-refractivity contribution < 1.29 is 14.6 Å². The maximum atomic E-state index is 11.2. The van der Waals surface area contributed by atoms with E-state index in [2.05, 4.69) is 20.8 Å². The van der Waals surface area contributed by atoms with Crippen LogP contribution in [-0.2, 0) is 0 Å². The van der Waals surface area contributed by atoms with E-state index in [4.69, 9.17) is 4.74 Å². The number of hydrogen-bond acceptors (Lipinski definition) is 2. The molecule has 1 aromatic carbocycles. The topological polar surface area (TPSA) is 46.5 Å². The molecule has 1 aromatic rings. The zero-order chi connectivity index (χ0) is 15.0. The van der Waals surface area contributed by atoms with Crippen LogP contribution >= 0.6 is 0 Å². The summed E-state index contributed by atoms with van der Waals surface area (Å²) < 4.78 is 6.04. The Labute approximate surface area is 122 Å². The Kier molecular flexibility index (Phi) is 6.56. The molecule has 0 amide bonds. The first-order valence-corrected chi connectivity index (χ1v) is 7.53. The molecule has 1 rings (SSSR count). The molecule has 0 aliphatic rings. The van der Waals surface area contributed by atoms with Crippen molar-refractivity contribution in [3.8, 4) is 5.75 Å². The first-order valence-electron chi connectivity index (χ1n) is 7.53. The van der Waals surface area contributed by atoms with E-state index in [1.165, 1.54) is 19.3 Å². The molecule has 0 saturated carbocycles. The van der Waals surface area contributed by atoms with Crippen molar-refractivity contribution in [1.82, 2.24) is 0 Å². The molecule has 0 spiro atoms. The third-order valence-electron chi connectivity index (χ3n) is 3.78. The second-order valence-corrected chi connectivity index (χ2v) is 5.52. The van der Waals surface area contributed by atoms with Crippen LogP contribution in [0.4, 0.5) is 0 Å². The van der Waals surface area contributed by atoms with Crippen molar-refractivity contribution in [2.75, 3.05) is 0 Å². The fourth-order valence-corrected chi connectivity index (χ4v) is 2.22. The number of ether oxygens (including phenoxy) is 1. The van der Waals surface area contributed by atoms with Crippen LogP contribution in [0.25, 0.3) is 0 Å². The third-order valence-corrected chi connectivity index (χ3v) is 3.78. The molecule has 0 bridgehead atoms. The van der Waals surface area contributed by atoms with Gasteiger partial charge in [-0.1, -0.05) is 45.2 Å². The van der Waals surface area contributed by atoms with E-state index in [1.807, 2.05) is 6.07 Å². The normalized spacial score (nSPS) is 13.8. The Morgan fingerprint density at radius 1 is 1.20 bits per heavy atom. The summed E-state index contributed by atoms with van der Waals surface area (Å²) in [5, 5.41) is 9.20. The first kappa shape index (κ1) is 16.5. The lowest BCUT2D eigenvalue weighted by molar-refractivity contribution is 0.0612. The van der Waals surface area contributed by atoms with E-state index in [0.29, 0.717) is 5.75 Å². The molecule has 0 aromatic heterocycles. The Morgan fingerprint density at radius 2 is 1.90 bits per heavy atom. The largest absolute Gasteiger partial charge is 0.487 e. The zero-order valence-electron chi connectivity index (χ0n) is 12.8. The van der Waals surface area contributed by atoms with E-state index in [0.717, 1.165) is 19.3 Å². The average molecular weight is 278 g/mol. The van der Waals surface area contributed by atoms with E-state index in [9.17, 15) is 9.90 Å². The van der Waals surface area contributed by atoms with E-state index in [-0.39, 0.29) is 11.2 Å². The molecular formula is C17H26O3. The lowest BCUT2D eigenvalue weighted by Crippen LogP contribution is -2.32. The predicted molar refractivity (Wildman–Crippen MR) is 81.5 cm³/mol. The number of carboxylic acid groups (broad SMARTS) is 1. The minimum atomic E-state index is -0.940. The highest BCUT2D eigenvalue weighted by Gasteiger charge is 2.25. The van der Waals surface area contributed by atoms with Gasteiger partial charge in [-0.25, -0.2) is 4.79 Å². The summed E-state index contributed by atoms with van der Waals surface area (Å²) in [7, 11) is 0. The van der Waals surface area contributed by atoms with Crippen molar-refractivity contribution in [1.29, 1.82) is 0 Å². The average Bonchev–Trinajstić information content (AvgIpc) is 2.44. The van der Waals surface area contributed by atoms with Gasteiger partial charge in [0.2, 0.25) is 0 Å². The van der Waals surface area contributed by atoms with Crippen LogP contribution in [0.3, 0.4) is 0 Å². The van der Waals surface area contributed by atoms with Gasteiger partial charge in [-0.2, -0.15) is 0 Å². The highest BCUT2D eigenvalue weighted by atomic mass is 16.5. The summed E-state index contributed by atoms with van der Waals surface area (Å²) in [4.78, 5) is 11.2. The van der Waals surface area contributed by atoms with Gasteiger partial charge in [0.05, 0.1) is 0 Å². The summed E-state index contributed by atoms with van der Waals surface area (Å²) in [6, 6.07) is 6.87.